The number of carboxylic acid groups (broad SMARTS) is 1. The van der Waals surface area contributed by atoms with E-state index in [0.717, 1.165) is 16.6 Å². The molecule has 0 aromatic heterocycles. The van der Waals surface area contributed by atoms with Crippen molar-refractivity contribution in [1.82, 2.24) is 5.01 Å². The molecule has 0 saturated heterocycles. The summed E-state index contributed by atoms with van der Waals surface area (Å²) in [6, 6.07) is 5.35. The number of ether oxygens (including phenoxy) is 1. The van der Waals surface area contributed by atoms with Crippen LogP contribution < -0.4 is 4.74 Å². The Kier molecular flexibility index (Phi) is 8.35. The van der Waals surface area contributed by atoms with Crippen LogP contribution in [-0.2, 0) is 4.79 Å². The Hall–Kier alpha value is -3.22. The van der Waals surface area contributed by atoms with Crippen LogP contribution >= 0.6 is 0 Å². The van der Waals surface area contributed by atoms with Gasteiger partial charge in [0, 0.05) is 6.08 Å². The van der Waals surface area contributed by atoms with E-state index in [1.54, 1.807) is 30.4 Å². The van der Waals surface area contributed by atoms with E-state index in [9.17, 15) is 9.70 Å². The van der Waals surface area contributed by atoms with Crippen molar-refractivity contribution in [3.8, 4) is 5.75 Å². The first-order valence-corrected chi connectivity index (χ1v) is 7.56. The number of aliphatic carboxylic acids is 1. The lowest BCUT2D eigenvalue weighted by atomic mass is 10.1. The van der Waals surface area contributed by atoms with Crippen LogP contribution in [0.15, 0.2) is 58.6 Å². The number of aryl methyl sites for hydroxylation is 1. The van der Waals surface area contributed by atoms with Gasteiger partial charge in [0.1, 0.15) is 12.4 Å². The van der Waals surface area contributed by atoms with Crippen molar-refractivity contribution in [1.29, 1.82) is 0 Å². The van der Waals surface area contributed by atoms with Crippen LogP contribution in [0.5, 0.6) is 5.75 Å². The quantitative estimate of drug-likeness (QED) is 0.230. The van der Waals surface area contributed by atoms with Gasteiger partial charge >= 0.3 is 5.97 Å². The van der Waals surface area contributed by atoms with Crippen molar-refractivity contribution in [2.45, 2.75) is 13.8 Å². The standard InChI is InChI=1S/C18H21N3O4/c1-4-5-6-17(19-3)21(20-24)11-12-25-16-13-15(8-7-14(16)2)9-10-18(22)23/h4-10,13H,3,11-12H2,1-2H3,(H,22,23)/b5-4-,10-9+,17-6+. The highest BCUT2D eigenvalue weighted by molar-refractivity contribution is 5.85. The van der Waals surface area contributed by atoms with Crippen molar-refractivity contribution < 1.29 is 14.6 Å². The molecule has 1 aromatic rings. The highest BCUT2D eigenvalue weighted by atomic mass is 16.5. The molecule has 0 radical (unpaired) electrons. The fourth-order valence-corrected chi connectivity index (χ4v) is 1.89. The van der Waals surface area contributed by atoms with Gasteiger partial charge in [-0.05, 0) is 49.9 Å². The molecule has 132 valence electrons. The van der Waals surface area contributed by atoms with E-state index in [4.69, 9.17) is 9.84 Å². The lowest BCUT2D eigenvalue weighted by molar-refractivity contribution is -0.131. The summed E-state index contributed by atoms with van der Waals surface area (Å²) in [6.07, 6.45) is 7.68. The molecule has 0 spiro atoms. The van der Waals surface area contributed by atoms with Crippen LogP contribution in [0.2, 0.25) is 0 Å². The summed E-state index contributed by atoms with van der Waals surface area (Å²) in [7, 11) is 0. The summed E-state index contributed by atoms with van der Waals surface area (Å²) < 4.78 is 5.69. The fraction of sp³-hybridized carbons (Fsp3) is 0.222. The van der Waals surface area contributed by atoms with E-state index in [-0.39, 0.29) is 13.2 Å². The van der Waals surface area contributed by atoms with E-state index in [1.165, 1.54) is 6.08 Å². The van der Waals surface area contributed by atoms with Gasteiger partial charge in [0.15, 0.2) is 5.82 Å². The number of rotatable bonds is 10. The number of hydrogen-bond acceptors (Lipinski definition) is 5. The molecule has 0 atom stereocenters. The zero-order valence-electron chi connectivity index (χ0n) is 14.3. The molecule has 0 aliphatic carbocycles. The second-order valence-corrected chi connectivity index (χ2v) is 4.96. The van der Waals surface area contributed by atoms with Gasteiger partial charge in [0.2, 0.25) is 0 Å². The molecule has 1 aromatic carbocycles. The van der Waals surface area contributed by atoms with Crippen molar-refractivity contribution in [2.75, 3.05) is 13.2 Å². The molecule has 0 bridgehead atoms. The molecule has 0 aliphatic rings. The Bertz CT molecular complexity index is 708. The number of carboxylic acids is 1. The number of nitroso groups, excluding NO2 is 1. The molecule has 0 fully saturated rings. The Morgan fingerprint density at radius 3 is 2.80 bits per heavy atom. The van der Waals surface area contributed by atoms with Gasteiger partial charge in [-0.15, -0.1) is 4.91 Å². The molecule has 0 aliphatic heterocycles. The van der Waals surface area contributed by atoms with Crippen molar-refractivity contribution in [3.63, 3.8) is 0 Å². The van der Waals surface area contributed by atoms with Gasteiger partial charge in [-0.1, -0.05) is 24.3 Å². The van der Waals surface area contributed by atoms with Crippen LogP contribution in [0.4, 0.5) is 0 Å². The summed E-state index contributed by atoms with van der Waals surface area (Å²) in [6.45, 7) is 7.53. The Morgan fingerprint density at radius 1 is 1.44 bits per heavy atom. The van der Waals surface area contributed by atoms with Crippen molar-refractivity contribution >= 4 is 18.8 Å². The maximum Gasteiger partial charge on any atom is 0.328 e. The van der Waals surface area contributed by atoms with Gasteiger partial charge in [-0.25, -0.2) is 14.8 Å². The summed E-state index contributed by atoms with van der Waals surface area (Å²) in [5.41, 5.74) is 1.60. The second kappa shape index (κ2) is 10.5. The predicted octanol–water partition coefficient (Wildman–Crippen LogP) is 3.57. The largest absolute Gasteiger partial charge is 0.491 e. The van der Waals surface area contributed by atoms with Gasteiger partial charge in [0.05, 0.1) is 11.8 Å². The first-order chi connectivity index (χ1) is 12.0. The Morgan fingerprint density at radius 2 is 2.20 bits per heavy atom. The topological polar surface area (TPSA) is 91.6 Å². The van der Waals surface area contributed by atoms with Crippen molar-refractivity contribution in [2.24, 2.45) is 10.3 Å². The number of hydrogen-bond donors (Lipinski definition) is 1. The van der Waals surface area contributed by atoms with Crippen LogP contribution in [-0.4, -0.2) is 36.0 Å². The molecule has 0 saturated carbocycles. The lowest BCUT2D eigenvalue weighted by Crippen LogP contribution is -2.22. The third-order valence-corrected chi connectivity index (χ3v) is 3.15. The first-order valence-electron chi connectivity index (χ1n) is 7.56. The lowest BCUT2D eigenvalue weighted by Gasteiger charge is -2.16. The maximum atomic E-state index is 11.0. The number of nitrogens with zero attached hydrogens (tertiary/aromatic N) is 3. The minimum atomic E-state index is -1.02. The van der Waals surface area contributed by atoms with E-state index in [2.05, 4.69) is 17.0 Å². The minimum absolute atomic E-state index is 0.195. The van der Waals surface area contributed by atoms with Gasteiger partial charge < -0.3 is 9.84 Å². The Labute approximate surface area is 146 Å². The molecule has 1 rings (SSSR count). The highest BCUT2D eigenvalue weighted by Crippen LogP contribution is 2.20. The third kappa shape index (κ3) is 6.82. The van der Waals surface area contributed by atoms with Crippen LogP contribution in [0.1, 0.15) is 18.1 Å². The number of allylic oxidation sites excluding steroid dienone is 3. The van der Waals surface area contributed by atoms with E-state index in [0.29, 0.717) is 17.1 Å². The number of carbonyl (C=O) groups is 1. The molecule has 0 unspecified atom stereocenters. The van der Waals surface area contributed by atoms with E-state index >= 15 is 0 Å². The first kappa shape index (κ1) is 19.8. The molecule has 7 nitrogen and oxygen atoms in total. The summed E-state index contributed by atoms with van der Waals surface area (Å²) in [5.74, 6) is -0.0939. The SMILES string of the molecule is C=N/C(=C\C=C/C)N(CCOc1cc(/C=C/C(=O)O)ccc1C)N=O. The summed E-state index contributed by atoms with van der Waals surface area (Å²) >= 11 is 0. The third-order valence-electron chi connectivity index (χ3n) is 3.15. The zero-order chi connectivity index (χ0) is 18.7. The molecule has 1 N–H and O–H groups in total. The summed E-state index contributed by atoms with van der Waals surface area (Å²) in [4.78, 5) is 25.3. The molecular formula is C18H21N3O4. The second-order valence-electron chi connectivity index (χ2n) is 4.96. The van der Waals surface area contributed by atoms with Gasteiger partial charge in [0.25, 0.3) is 0 Å². The molecule has 7 heteroatoms. The molecule has 25 heavy (non-hydrogen) atoms. The van der Waals surface area contributed by atoms with Gasteiger partial charge in [-0.3, -0.25) is 0 Å². The van der Waals surface area contributed by atoms with Gasteiger partial charge in [-0.2, -0.15) is 0 Å². The molecular weight excluding hydrogens is 322 g/mol. The number of benzene rings is 1. The van der Waals surface area contributed by atoms with Crippen LogP contribution in [0, 0.1) is 11.8 Å². The average molecular weight is 343 g/mol. The highest BCUT2D eigenvalue weighted by Gasteiger charge is 2.09. The smallest absolute Gasteiger partial charge is 0.328 e. The monoisotopic (exact) mass is 343 g/mol. The van der Waals surface area contributed by atoms with E-state index < -0.39 is 5.97 Å². The fourth-order valence-electron chi connectivity index (χ4n) is 1.89. The molecule has 0 heterocycles. The summed E-state index contributed by atoms with van der Waals surface area (Å²) in [5, 5.41) is 12.8. The molecule has 0 amide bonds. The van der Waals surface area contributed by atoms with Crippen molar-refractivity contribution in [3.05, 3.63) is 64.4 Å². The van der Waals surface area contributed by atoms with Crippen LogP contribution in [0.3, 0.4) is 0 Å². The number of aliphatic imine (C=N–C) groups is 1. The Balaban J connectivity index is 2.76. The normalized spacial score (nSPS) is 11.7. The predicted molar refractivity (Wildman–Crippen MR) is 98.3 cm³/mol. The minimum Gasteiger partial charge on any atom is -0.491 e. The van der Waals surface area contributed by atoms with E-state index in [1.807, 2.05) is 19.9 Å². The maximum absolute atomic E-state index is 11.0. The zero-order valence-corrected chi connectivity index (χ0v) is 14.3. The van der Waals surface area contributed by atoms with Crippen LogP contribution in [0.25, 0.3) is 6.08 Å². The average Bonchev–Trinajstić information content (AvgIpc) is 2.60.